The molecular formula is C15H13ClFNOS. The third kappa shape index (κ3) is 3.99. The van der Waals surface area contributed by atoms with Crippen LogP contribution in [0.1, 0.15) is 21.5 Å². The van der Waals surface area contributed by atoms with Gasteiger partial charge in [-0.15, -0.1) is 0 Å². The molecule has 1 amide bonds. The summed E-state index contributed by atoms with van der Waals surface area (Å²) in [6, 6.07) is 11.6. The number of amides is 1. The first-order chi connectivity index (χ1) is 9.56. The van der Waals surface area contributed by atoms with E-state index in [2.05, 4.69) is 0 Å². The Balaban J connectivity index is 1.91. The average molecular weight is 310 g/mol. The molecule has 0 aromatic heterocycles. The molecule has 0 fully saturated rings. The van der Waals surface area contributed by atoms with Crippen molar-refractivity contribution in [2.45, 2.75) is 11.5 Å². The third-order valence-electron chi connectivity index (χ3n) is 2.78. The number of carbonyl (C=O) groups is 1. The summed E-state index contributed by atoms with van der Waals surface area (Å²) in [4.78, 5) is 10.9. The second-order valence-electron chi connectivity index (χ2n) is 4.29. The van der Waals surface area contributed by atoms with Gasteiger partial charge in [0.1, 0.15) is 5.82 Å². The highest BCUT2D eigenvalue weighted by atomic mass is 35.5. The maximum Gasteiger partial charge on any atom is 0.248 e. The molecular weight excluding hydrogens is 297 g/mol. The van der Waals surface area contributed by atoms with Gasteiger partial charge >= 0.3 is 0 Å². The Morgan fingerprint density at radius 1 is 1.15 bits per heavy atom. The van der Waals surface area contributed by atoms with E-state index in [1.807, 2.05) is 12.1 Å². The number of primary amides is 1. The molecule has 104 valence electrons. The van der Waals surface area contributed by atoms with Crippen LogP contribution >= 0.6 is 23.4 Å². The van der Waals surface area contributed by atoms with E-state index in [0.717, 1.165) is 16.9 Å². The summed E-state index contributed by atoms with van der Waals surface area (Å²) in [7, 11) is 0. The van der Waals surface area contributed by atoms with Gasteiger partial charge in [-0.05, 0) is 35.4 Å². The molecule has 0 unspecified atom stereocenters. The number of hydrogen-bond donors (Lipinski definition) is 1. The Morgan fingerprint density at radius 2 is 1.85 bits per heavy atom. The smallest absolute Gasteiger partial charge is 0.248 e. The molecule has 2 rings (SSSR count). The largest absolute Gasteiger partial charge is 0.366 e. The minimum absolute atomic E-state index is 0.328. The maximum atomic E-state index is 12.9. The van der Waals surface area contributed by atoms with Crippen LogP contribution in [0.4, 0.5) is 4.39 Å². The van der Waals surface area contributed by atoms with E-state index >= 15 is 0 Å². The number of benzene rings is 2. The summed E-state index contributed by atoms with van der Waals surface area (Å²) in [5.74, 6) is 0.733. The number of hydrogen-bond acceptors (Lipinski definition) is 2. The minimum atomic E-state index is -0.428. The summed E-state index contributed by atoms with van der Waals surface area (Å²) in [5.41, 5.74) is 7.68. The number of thioether (sulfide) groups is 1. The van der Waals surface area contributed by atoms with Crippen LogP contribution in [0.15, 0.2) is 42.5 Å². The van der Waals surface area contributed by atoms with Crippen LogP contribution in [0, 0.1) is 5.82 Å². The van der Waals surface area contributed by atoms with Crippen molar-refractivity contribution in [3.05, 3.63) is 70.0 Å². The lowest BCUT2D eigenvalue weighted by molar-refractivity contribution is 0.100. The van der Waals surface area contributed by atoms with Crippen molar-refractivity contribution in [3.63, 3.8) is 0 Å². The summed E-state index contributed by atoms with van der Waals surface area (Å²) in [5, 5.41) is 0.446. The lowest BCUT2D eigenvalue weighted by Gasteiger charge is -2.05. The Kier molecular flexibility index (Phi) is 5.04. The normalized spacial score (nSPS) is 10.5. The standard InChI is InChI=1S/C15H13ClFNOS/c16-14-7-13(17)6-5-12(14)9-20-8-10-1-3-11(4-2-10)15(18)19/h1-7H,8-9H2,(H2,18,19). The molecule has 2 aromatic carbocycles. The topological polar surface area (TPSA) is 43.1 Å². The van der Waals surface area contributed by atoms with Crippen molar-refractivity contribution >= 4 is 29.3 Å². The van der Waals surface area contributed by atoms with Gasteiger partial charge < -0.3 is 5.73 Å². The van der Waals surface area contributed by atoms with Crippen LogP contribution in [-0.2, 0) is 11.5 Å². The van der Waals surface area contributed by atoms with Crippen LogP contribution in [0.3, 0.4) is 0 Å². The fourth-order valence-corrected chi connectivity index (χ4v) is 3.00. The van der Waals surface area contributed by atoms with E-state index < -0.39 is 5.91 Å². The first-order valence-corrected chi connectivity index (χ1v) is 7.50. The number of rotatable bonds is 5. The number of nitrogens with two attached hydrogens (primary N) is 1. The minimum Gasteiger partial charge on any atom is -0.366 e. The quantitative estimate of drug-likeness (QED) is 0.906. The fourth-order valence-electron chi connectivity index (χ4n) is 1.68. The van der Waals surface area contributed by atoms with Gasteiger partial charge in [0.15, 0.2) is 0 Å². The Morgan fingerprint density at radius 3 is 2.45 bits per heavy atom. The Hall–Kier alpha value is -1.52. The molecule has 0 saturated heterocycles. The van der Waals surface area contributed by atoms with Crippen LogP contribution in [0.5, 0.6) is 0 Å². The van der Waals surface area contributed by atoms with Crippen molar-refractivity contribution in [1.82, 2.24) is 0 Å². The molecule has 0 aliphatic carbocycles. The zero-order valence-corrected chi connectivity index (χ0v) is 12.2. The highest BCUT2D eigenvalue weighted by Crippen LogP contribution is 2.24. The summed E-state index contributed by atoms with van der Waals surface area (Å²) >= 11 is 7.63. The summed E-state index contributed by atoms with van der Waals surface area (Å²) in [6.07, 6.45) is 0. The molecule has 2 N–H and O–H groups in total. The molecule has 0 atom stereocenters. The number of carbonyl (C=O) groups excluding carboxylic acids is 1. The molecule has 5 heteroatoms. The van der Waals surface area contributed by atoms with E-state index in [1.165, 1.54) is 12.1 Å². The fraction of sp³-hybridized carbons (Fsp3) is 0.133. The zero-order chi connectivity index (χ0) is 14.5. The second-order valence-corrected chi connectivity index (χ2v) is 5.68. The maximum absolute atomic E-state index is 12.9. The molecule has 0 heterocycles. The van der Waals surface area contributed by atoms with Gasteiger partial charge in [-0.1, -0.05) is 29.8 Å². The molecule has 0 saturated carbocycles. The van der Waals surface area contributed by atoms with Crippen LogP contribution < -0.4 is 5.73 Å². The molecule has 0 aliphatic heterocycles. The Bertz CT molecular complexity index is 616. The first-order valence-electron chi connectivity index (χ1n) is 5.96. The highest BCUT2D eigenvalue weighted by molar-refractivity contribution is 7.97. The lowest BCUT2D eigenvalue weighted by Crippen LogP contribution is -2.10. The van der Waals surface area contributed by atoms with Gasteiger partial charge in [-0.3, -0.25) is 4.79 Å². The summed E-state index contributed by atoms with van der Waals surface area (Å²) < 4.78 is 12.9. The van der Waals surface area contributed by atoms with Crippen LogP contribution in [0.2, 0.25) is 5.02 Å². The SMILES string of the molecule is NC(=O)c1ccc(CSCc2ccc(F)cc2Cl)cc1. The van der Waals surface area contributed by atoms with E-state index in [-0.39, 0.29) is 5.82 Å². The van der Waals surface area contributed by atoms with Crippen molar-refractivity contribution < 1.29 is 9.18 Å². The molecule has 2 nitrogen and oxygen atoms in total. The predicted octanol–water partition coefficient (Wildman–Crippen LogP) is 4.01. The molecule has 0 aliphatic rings. The molecule has 0 spiro atoms. The molecule has 0 bridgehead atoms. The van der Waals surface area contributed by atoms with Crippen molar-refractivity contribution in [1.29, 1.82) is 0 Å². The van der Waals surface area contributed by atoms with Gasteiger partial charge in [-0.25, -0.2) is 4.39 Å². The zero-order valence-electron chi connectivity index (χ0n) is 10.6. The molecule has 0 radical (unpaired) electrons. The van der Waals surface area contributed by atoms with Gasteiger partial charge in [0.05, 0.1) is 0 Å². The lowest BCUT2D eigenvalue weighted by atomic mass is 10.1. The Labute approximate surface area is 126 Å². The van der Waals surface area contributed by atoms with Gasteiger partial charge in [0.25, 0.3) is 0 Å². The van der Waals surface area contributed by atoms with E-state index in [4.69, 9.17) is 17.3 Å². The van der Waals surface area contributed by atoms with Gasteiger partial charge in [0.2, 0.25) is 5.91 Å². The molecule has 2 aromatic rings. The van der Waals surface area contributed by atoms with Gasteiger partial charge in [-0.2, -0.15) is 11.8 Å². The van der Waals surface area contributed by atoms with Crippen LogP contribution in [0.25, 0.3) is 0 Å². The molecule has 20 heavy (non-hydrogen) atoms. The van der Waals surface area contributed by atoms with Crippen molar-refractivity contribution in [3.8, 4) is 0 Å². The third-order valence-corrected chi connectivity index (χ3v) is 4.18. The first kappa shape index (κ1) is 14.9. The second kappa shape index (κ2) is 6.77. The van der Waals surface area contributed by atoms with E-state index in [9.17, 15) is 9.18 Å². The average Bonchev–Trinajstić information content (AvgIpc) is 2.42. The number of halogens is 2. The van der Waals surface area contributed by atoms with Crippen molar-refractivity contribution in [2.24, 2.45) is 5.73 Å². The monoisotopic (exact) mass is 309 g/mol. The summed E-state index contributed by atoms with van der Waals surface area (Å²) in [6.45, 7) is 0. The van der Waals surface area contributed by atoms with Crippen LogP contribution in [-0.4, -0.2) is 5.91 Å². The highest BCUT2D eigenvalue weighted by Gasteiger charge is 2.03. The predicted molar refractivity (Wildman–Crippen MR) is 81.4 cm³/mol. The van der Waals surface area contributed by atoms with Crippen molar-refractivity contribution in [2.75, 3.05) is 0 Å². The van der Waals surface area contributed by atoms with E-state index in [0.29, 0.717) is 16.3 Å². The van der Waals surface area contributed by atoms with E-state index in [1.54, 1.807) is 30.0 Å². The van der Waals surface area contributed by atoms with Gasteiger partial charge in [0, 0.05) is 22.1 Å².